The fraction of sp³-hybridized carbons (Fsp3) is 0.190. The van der Waals surface area contributed by atoms with Crippen LogP contribution < -0.4 is 15.0 Å². The predicted molar refractivity (Wildman–Crippen MR) is 112 cm³/mol. The number of nitrogens with one attached hydrogen (secondary N) is 2. The zero-order chi connectivity index (χ0) is 20.4. The normalized spacial score (nSPS) is 16.0. The zero-order valence-corrected chi connectivity index (χ0v) is 17.3. The highest BCUT2D eigenvalue weighted by atomic mass is 79.9. The maximum absolute atomic E-state index is 12.8. The van der Waals surface area contributed by atoms with Crippen LogP contribution in [0.5, 0.6) is 5.75 Å². The number of H-pyrrole nitrogens is 1. The number of halogens is 1. The molecule has 0 radical (unpaired) electrons. The molecule has 7 nitrogen and oxygen atoms in total. The van der Waals surface area contributed by atoms with E-state index in [4.69, 9.17) is 4.74 Å². The summed E-state index contributed by atoms with van der Waals surface area (Å²) in [5, 5.41) is 9.71. The van der Waals surface area contributed by atoms with Gasteiger partial charge in [0.2, 0.25) is 0 Å². The molecule has 3 aromatic rings. The second-order valence-corrected chi connectivity index (χ2v) is 7.70. The molecular formula is C21H19BrN4O3. The van der Waals surface area contributed by atoms with Crippen molar-refractivity contribution in [2.24, 2.45) is 0 Å². The Hall–Kier alpha value is -3.13. The average Bonchev–Trinajstić information content (AvgIpc) is 3.14. The summed E-state index contributed by atoms with van der Waals surface area (Å²) in [6, 6.07) is 16.1. The number of anilines is 1. The molecule has 0 saturated carbocycles. The van der Waals surface area contributed by atoms with E-state index in [0.29, 0.717) is 17.9 Å². The van der Waals surface area contributed by atoms with Crippen molar-refractivity contribution >= 4 is 33.4 Å². The van der Waals surface area contributed by atoms with E-state index in [9.17, 15) is 9.59 Å². The second-order valence-electron chi connectivity index (χ2n) is 6.79. The summed E-state index contributed by atoms with van der Waals surface area (Å²) in [4.78, 5) is 26.9. The number of ether oxygens (including phenoxy) is 1. The van der Waals surface area contributed by atoms with Crippen molar-refractivity contribution in [1.29, 1.82) is 0 Å². The molecule has 148 valence electrons. The first kappa shape index (κ1) is 19.2. The molecule has 2 amide bonds. The fourth-order valence-electron chi connectivity index (χ4n) is 3.22. The Morgan fingerprint density at radius 1 is 1.28 bits per heavy atom. The van der Waals surface area contributed by atoms with Gasteiger partial charge in [-0.05, 0) is 35.9 Å². The lowest BCUT2D eigenvalue weighted by atomic mass is 10.1. The van der Waals surface area contributed by atoms with Crippen LogP contribution in [0.4, 0.5) is 5.69 Å². The summed E-state index contributed by atoms with van der Waals surface area (Å²) < 4.78 is 6.71. The number of hydrogen-bond acceptors (Lipinski definition) is 4. The summed E-state index contributed by atoms with van der Waals surface area (Å²) in [5.74, 6) is -0.0626. The molecule has 1 unspecified atom stereocenters. The summed E-state index contributed by atoms with van der Waals surface area (Å²) in [5.41, 5.74) is 2.79. The molecule has 0 fully saturated rings. The average molecular weight is 455 g/mol. The van der Waals surface area contributed by atoms with Crippen LogP contribution in [0.2, 0.25) is 0 Å². The van der Waals surface area contributed by atoms with Crippen molar-refractivity contribution in [2.45, 2.75) is 12.5 Å². The molecule has 1 atom stereocenters. The maximum atomic E-state index is 12.8. The Labute approximate surface area is 176 Å². The van der Waals surface area contributed by atoms with Crippen LogP contribution in [-0.2, 0) is 11.2 Å². The number of rotatable bonds is 4. The third-order valence-corrected chi connectivity index (χ3v) is 5.21. The number of carbonyl (C=O) groups is 2. The second kappa shape index (κ2) is 8.08. The maximum Gasteiger partial charge on any atom is 0.272 e. The van der Waals surface area contributed by atoms with Crippen molar-refractivity contribution in [1.82, 2.24) is 15.5 Å². The van der Waals surface area contributed by atoms with Crippen molar-refractivity contribution in [3.8, 4) is 5.75 Å². The first-order chi connectivity index (χ1) is 14.0. The van der Waals surface area contributed by atoms with Gasteiger partial charge in [-0.25, -0.2) is 0 Å². The Morgan fingerprint density at radius 3 is 2.93 bits per heavy atom. The number of likely N-dealkylation sites (N-methyl/N-ethyl adjacent to an activating group) is 1. The summed E-state index contributed by atoms with van der Waals surface area (Å²) >= 11 is 3.45. The molecule has 1 aromatic heterocycles. The van der Waals surface area contributed by atoms with Gasteiger partial charge < -0.3 is 15.0 Å². The zero-order valence-electron chi connectivity index (χ0n) is 15.7. The minimum Gasteiger partial charge on any atom is -0.489 e. The van der Waals surface area contributed by atoms with Crippen LogP contribution >= 0.6 is 15.9 Å². The molecule has 0 aliphatic carbocycles. The smallest absolute Gasteiger partial charge is 0.272 e. The summed E-state index contributed by atoms with van der Waals surface area (Å²) in [6.07, 6.45) is 0.614. The van der Waals surface area contributed by atoms with Gasteiger partial charge in [-0.1, -0.05) is 40.2 Å². The molecule has 4 rings (SSSR count). The third kappa shape index (κ3) is 4.17. The Morgan fingerprint density at radius 2 is 2.10 bits per heavy atom. The Kier molecular flexibility index (Phi) is 5.35. The summed E-state index contributed by atoms with van der Waals surface area (Å²) in [7, 11) is 1.67. The number of aromatic nitrogens is 2. The highest BCUT2D eigenvalue weighted by molar-refractivity contribution is 9.10. The van der Waals surface area contributed by atoms with Gasteiger partial charge in [0.05, 0.1) is 5.69 Å². The standard InChI is InChI=1S/C21H19BrN4O3/c1-26-18-7-2-3-8-19(18)29-12-17(21(26)28)23-20(27)16-11-15(24-25-16)10-13-5-4-6-14(22)9-13/h2-9,11,17H,10,12H2,1H3,(H,23,27)(H,24,25). The molecule has 29 heavy (non-hydrogen) atoms. The van der Waals surface area contributed by atoms with Gasteiger partial charge >= 0.3 is 0 Å². The predicted octanol–water partition coefficient (Wildman–Crippen LogP) is 2.92. The number of carbonyl (C=O) groups excluding carboxylic acids is 2. The van der Waals surface area contributed by atoms with E-state index in [0.717, 1.165) is 15.7 Å². The van der Waals surface area contributed by atoms with E-state index in [1.807, 2.05) is 36.4 Å². The van der Waals surface area contributed by atoms with Gasteiger partial charge in [-0.2, -0.15) is 5.10 Å². The molecule has 2 N–H and O–H groups in total. The third-order valence-electron chi connectivity index (χ3n) is 4.71. The first-order valence-corrected chi connectivity index (χ1v) is 9.89. The number of hydrogen-bond donors (Lipinski definition) is 2. The van der Waals surface area contributed by atoms with Gasteiger partial charge in [0, 0.05) is 23.6 Å². The van der Waals surface area contributed by atoms with Gasteiger partial charge in [0.15, 0.2) is 0 Å². The van der Waals surface area contributed by atoms with E-state index in [-0.39, 0.29) is 18.2 Å². The number of aromatic amines is 1. The monoisotopic (exact) mass is 454 g/mol. The highest BCUT2D eigenvalue weighted by Gasteiger charge is 2.31. The van der Waals surface area contributed by atoms with E-state index >= 15 is 0 Å². The number of nitrogens with zero attached hydrogens (tertiary/aromatic N) is 2. The fourth-order valence-corrected chi connectivity index (χ4v) is 3.67. The molecule has 1 aliphatic heterocycles. The van der Waals surface area contributed by atoms with E-state index < -0.39 is 11.9 Å². The highest BCUT2D eigenvalue weighted by Crippen LogP contribution is 2.29. The van der Waals surface area contributed by atoms with Crippen LogP contribution in [0.15, 0.2) is 59.1 Å². The molecule has 0 bridgehead atoms. The number of para-hydroxylation sites is 2. The van der Waals surface area contributed by atoms with Crippen LogP contribution in [-0.4, -0.2) is 41.7 Å². The lowest BCUT2D eigenvalue weighted by Gasteiger charge is -2.19. The first-order valence-electron chi connectivity index (χ1n) is 9.10. The molecule has 2 aromatic carbocycles. The van der Waals surface area contributed by atoms with Crippen LogP contribution in [0.25, 0.3) is 0 Å². The molecule has 2 heterocycles. The summed E-state index contributed by atoms with van der Waals surface area (Å²) in [6.45, 7) is 0.0568. The van der Waals surface area contributed by atoms with Crippen LogP contribution in [0, 0.1) is 0 Å². The topological polar surface area (TPSA) is 87.3 Å². The molecule has 0 saturated heterocycles. The molecular weight excluding hydrogens is 436 g/mol. The number of fused-ring (bicyclic) bond motifs is 1. The largest absolute Gasteiger partial charge is 0.489 e. The van der Waals surface area contributed by atoms with Crippen molar-refractivity contribution in [2.75, 3.05) is 18.6 Å². The van der Waals surface area contributed by atoms with Gasteiger partial charge in [0.25, 0.3) is 11.8 Å². The molecule has 8 heteroatoms. The van der Waals surface area contributed by atoms with E-state index in [2.05, 4.69) is 31.4 Å². The van der Waals surface area contributed by atoms with Crippen molar-refractivity contribution in [3.05, 3.63) is 76.0 Å². The van der Waals surface area contributed by atoms with Crippen molar-refractivity contribution in [3.63, 3.8) is 0 Å². The van der Waals surface area contributed by atoms with Crippen LogP contribution in [0.1, 0.15) is 21.7 Å². The van der Waals surface area contributed by atoms with Crippen LogP contribution in [0.3, 0.4) is 0 Å². The molecule has 0 spiro atoms. The van der Waals surface area contributed by atoms with Crippen molar-refractivity contribution < 1.29 is 14.3 Å². The number of benzene rings is 2. The van der Waals surface area contributed by atoms with E-state index in [1.54, 1.807) is 25.2 Å². The lowest BCUT2D eigenvalue weighted by Crippen LogP contribution is -2.49. The van der Waals surface area contributed by atoms with Gasteiger partial charge in [0.1, 0.15) is 24.1 Å². The minimum atomic E-state index is -0.801. The SMILES string of the molecule is CN1C(=O)C(NC(=O)c2cc(Cc3cccc(Br)c3)[nH]n2)COc2ccccc21. The quantitative estimate of drug-likeness (QED) is 0.634. The molecule has 1 aliphatic rings. The van der Waals surface area contributed by atoms with Gasteiger partial charge in [-0.15, -0.1) is 0 Å². The number of amides is 2. The van der Waals surface area contributed by atoms with Gasteiger partial charge in [-0.3, -0.25) is 14.7 Å². The lowest BCUT2D eigenvalue weighted by molar-refractivity contribution is -0.120. The minimum absolute atomic E-state index is 0.0568. The van der Waals surface area contributed by atoms with E-state index in [1.165, 1.54) is 4.90 Å². The Bertz CT molecular complexity index is 1070. The Balaban J connectivity index is 1.44.